The summed E-state index contributed by atoms with van der Waals surface area (Å²) in [6, 6.07) is 2.33. The highest BCUT2D eigenvalue weighted by molar-refractivity contribution is 5.71. The predicted molar refractivity (Wildman–Crippen MR) is 119 cm³/mol. The molecule has 1 amide bonds. The van der Waals surface area contributed by atoms with Crippen molar-refractivity contribution < 1.29 is 24.2 Å². The van der Waals surface area contributed by atoms with Gasteiger partial charge in [0.1, 0.15) is 18.0 Å². The van der Waals surface area contributed by atoms with Crippen LogP contribution in [0.1, 0.15) is 44.9 Å². The normalized spacial score (nSPS) is 29.6. The Hall–Kier alpha value is -2.82. The maximum atomic E-state index is 13.0. The summed E-state index contributed by atoms with van der Waals surface area (Å²) < 4.78 is 10.9. The number of nitrogens with zero attached hydrogens (tertiary/aromatic N) is 5. The van der Waals surface area contributed by atoms with E-state index in [9.17, 15) is 9.59 Å². The maximum absolute atomic E-state index is 13.0. The zero-order chi connectivity index (χ0) is 22.9. The Kier molecular flexibility index (Phi) is 6.13. The van der Waals surface area contributed by atoms with Gasteiger partial charge in [0.25, 0.3) is 0 Å². The third-order valence-corrected chi connectivity index (χ3v) is 7.62. The van der Waals surface area contributed by atoms with E-state index >= 15 is 0 Å². The van der Waals surface area contributed by atoms with Crippen LogP contribution in [0.5, 0.6) is 0 Å². The lowest BCUT2D eigenvalue weighted by atomic mass is 9.85. The summed E-state index contributed by atoms with van der Waals surface area (Å²) in [6.45, 7) is 3.15. The number of hydrogen-bond donors (Lipinski definition) is 2. The van der Waals surface area contributed by atoms with Crippen molar-refractivity contribution in [2.24, 2.45) is 0 Å². The number of carbonyl (C=O) groups excluding carboxylic acids is 1. The van der Waals surface area contributed by atoms with E-state index < -0.39 is 6.16 Å². The first kappa shape index (κ1) is 22.0. The van der Waals surface area contributed by atoms with Crippen LogP contribution in [-0.2, 0) is 9.47 Å². The Bertz CT molecular complexity index is 871. The van der Waals surface area contributed by atoms with E-state index in [1.165, 1.54) is 0 Å². The first-order valence-corrected chi connectivity index (χ1v) is 12.0. The van der Waals surface area contributed by atoms with E-state index in [2.05, 4.69) is 19.8 Å². The number of carbonyl (C=O) groups is 2. The third-order valence-electron chi connectivity index (χ3n) is 7.62. The molecule has 5 rings (SSSR count). The first-order chi connectivity index (χ1) is 16.0. The fraction of sp³-hybridized carbons (Fsp3) is 0.727. The number of anilines is 2. The largest absolute Gasteiger partial charge is 0.506 e. The molecule has 3 aliphatic heterocycles. The van der Waals surface area contributed by atoms with Gasteiger partial charge in [-0.3, -0.25) is 9.80 Å². The van der Waals surface area contributed by atoms with Gasteiger partial charge in [-0.05, 0) is 51.0 Å². The minimum atomic E-state index is -1.21. The molecule has 4 fully saturated rings. The molecule has 0 bridgehead atoms. The fourth-order valence-electron chi connectivity index (χ4n) is 6.08. The standard InChI is InChI=1S/C22H32N6O5/c23-20-24-9-4-18(25-20)27-10-5-14(6-11-27)28-17-3-1-2-16(19(17)33-21(28)29)26-12-7-15(8-13-26)32-22(30)31/h4,9,14-17,19H,1-3,5-8,10-13H2,(H,30,31)(H2,23,24,25). The molecule has 4 heterocycles. The second-order valence-electron chi connectivity index (χ2n) is 9.43. The number of ether oxygens (including phenoxy) is 2. The van der Waals surface area contributed by atoms with Crippen LogP contribution in [0.15, 0.2) is 12.3 Å². The smallest absolute Gasteiger partial charge is 0.450 e. The molecule has 0 aromatic carbocycles. The average Bonchev–Trinajstić information content (AvgIpc) is 3.15. The van der Waals surface area contributed by atoms with Crippen molar-refractivity contribution in [2.75, 3.05) is 36.8 Å². The van der Waals surface area contributed by atoms with Crippen LogP contribution in [0.4, 0.5) is 21.4 Å². The first-order valence-electron chi connectivity index (χ1n) is 12.0. The summed E-state index contributed by atoms with van der Waals surface area (Å²) in [5, 5.41) is 8.87. The third kappa shape index (κ3) is 4.50. The topological polar surface area (TPSA) is 134 Å². The quantitative estimate of drug-likeness (QED) is 0.642. The monoisotopic (exact) mass is 460 g/mol. The lowest BCUT2D eigenvalue weighted by Crippen LogP contribution is -2.56. The van der Waals surface area contributed by atoms with Crippen LogP contribution < -0.4 is 10.6 Å². The molecule has 0 spiro atoms. The molecule has 3 N–H and O–H groups in total. The molecule has 180 valence electrons. The number of nitrogen functional groups attached to an aromatic ring is 1. The van der Waals surface area contributed by atoms with Gasteiger partial charge in [0.2, 0.25) is 5.95 Å². The number of carboxylic acid groups (broad SMARTS) is 1. The minimum absolute atomic E-state index is 0.107. The summed E-state index contributed by atoms with van der Waals surface area (Å²) >= 11 is 0. The van der Waals surface area contributed by atoms with Gasteiger partial charge in [-0.2, -0.15) is 4.98 Å². The number of nitrogens with two attached hydrogens (primary N) is 1. The molecule has 1 aromatic heterocycles. The van der Waals surface area contributed by atoms with Crippen molar-refractivity contribution in [2.45, 2.75) is 75.3 Å². The molecule has 1 aromatic rings. The van der Waals surface area contributed by atoms with Crippen LogP contribution in [0, 0.1) is 0 Å². The van der Waals surface area contributed by atoms with Crippen LogP contribution in [0.2, 0.25) is 0 Å². The molecule has 4 aliphatic rings. The van der Waals surface area contributed by atoms with E-state index in [1.54, 1.807) is 6.20 Å². The zero-order valence-electron chi connectivity index (χ0n) is 18.7. The molecule has 0 radical (unpaired) electrons. The molecule has 1 aliphatic carbocycles. The molecular formula is C22H32N6O5. The average molecular weight is 461 g/mol. The Morgan fingerprint density at radius 2 is 1.82 bits per heavy atom. The fourth-order valence-corrected chi connectivity index (χ4v) is 6.08. The van der Waals surface area contributed by atoms with Gasteiger partial charge >= 0.3 is 12.2 Å². The molecular weight excluding hydrogens is 428 g/mol. The zero-order valence-corrected chi connectivity index (χ0v) is 18.7. The van der Waals surface area contributed by atoms with E-state index in [1.807, 2.05) is 11.0 Å². The van der Waals surface area contributed by atoms with Gasteiger partial charge in [0, 0.05) is 44.5 Å². The second kappa shape index (κ2) is 9.20. The van der Waals surface area contributed by atoms with Crippen molar-refractivity contribution in [3.8, 4) is 0 Å². The van der Waals surface area contributed by atoms with Crippen LogP contribution in [-0.4, -0.2) is 93.6 Å². The van der Waals surface area contributed by atoms with Gasteiger partial charge in [-0.1, -0.05) is 0 Å². The van der Waals surface area contributed by atoms with Gasteiger partial charge < -0.3 is 25.2 Å². The molecule has 11 heteroatoms. The van der Waals surface area contributed by atoms with Crippen molar-refractivity contribution >= 4 is 24.0 Å². The number of amides is 1. The van der Waals surface area contributed by atoms with Gasteiger partial charge in [-0.25, -0.2) is 14.6 Å². The Balaban J connectivity index is 1.20. The molecule has 1 saturated carbocycles. The summed E-state index contributed by atoms with van der Waals surface area (Å²) in [5.74, 6) is 1.10. The minimum Gasteiger partial charge on any atom is -0.450 e. The van der Waals surface area contributed by atoms with Crippen LogP contribution in [0.3, 0.4) is 0 Å². The SMILES string of the molecule is Nc1nccc(N2CCC(N3C(=O)OC4C(N5CCC(OC(=O)O)CC5)CCCC43)CC2)n1. The van der Waals surface area contributed by atoms with Crippen molar-refractivity contribution in [3.05, 3.63) is 12.3 Å². The van der Waals surface area contributed by atoms with E-state index in [-0.39, 0.29) is 42.4 Å². The van der Waals surface area contributed by atoms with Gasteiger partial charge in [-0.15, -0.1) is 0 Å². The summed E-state index contributed by atoms with van der Waals surface area (Å²) in [4.78, 5) is 38.7. The molecule has 11 nitrogen and oxygen atoms in total. The van der Waals surface area contributed by atoms with E-state index in [0.717, 1.165) is 64.1 Å². The number of hydrogen-bond acceptors (Lipinski definition) is 9. The van der Waals surface area contributed by atoms with Gasteiger partial charge in [0.05, 0.1) is 6.04 Å². The summed E-state index contributed by atoms with van der Waals surface area (Å²) in [6.07, 6.45) is 6.04. The van der Waals surface area contributed by atoms with E-state index in [4.69, 9.17) is 20.3 Å². The van der Waals surface area contributed by atoms with Crippen molar-refractivity contribution in [3.63, 3.8) is 0 Å². The molecule has 33 heavy (non-hydrogen) atoms. The maximum Gasteiger partial charge on any atom is 0.506 e. The van der Waals surface area contributed by atoms with Crippen molar-refractivity contribution in [1.29, 1.82) is 0 Å². The number of rotatable bonds is 4. The Morgan fingerprint density at radius 3 is 2.52 bits per heavy atom. The van der Waals surface area contributed by atoms with Crippen molar-refractivity contribution in [1.82, 2.24) is 19.8 Å². The van der Waals surface area contributed by atoms with E-state index in [0.29, 0.717) is 12.8 Å². The van der Waals surface area contributed by atoms with Gasteiger partial charge in [0.15, 0.2) is 0 Å². The summed E-state index contributed by atoms with van der Waals surface area (Å²) in [7, 11) is 0. The predicted octanol–water partition coefficient (Wildman–Crippen LogP) is 1.93. The molecule has 3 atom stereocenters. The lowest BCUT2D eigenvalue weighted by molar-refractivity contribution is -0.0241. The highest BCUT2D eigenvalue weighted by atomic mass is 16.7. The summed E-state index contributed by atoms with van der Waals surface area (Å²) in [5.41, 5.74) is 5.73. The number of fused-ring (bicyclic) bond motifs is 1. The van der Waals surface area contributed by atoms with Crippen LogP contribution >= 0.6 is 0 Å². The number of aromatic nitrogens is 2. The molecule has 3 saturated heterocycles. The molecule has 3 unspecified atom stereocenters. The second-order valence-corrected chi connectivity index (χ2v) is 9.43. The number of likely N-dealkylation sites (tertiary alicyclic amines) is 1. The number of piperidine rings is 2. The Labute approximate surface area is 192 Å². The highest BCUT2D eigenvalue weighted by Crippen LogP contribution is 2.38. The van der Waals surface area contributed by atoms with Crippen LogP contribution in [0.25, 0.3) is 0 Å². The highest BCUT2D eigenvalue weighted by Gasteiger charge is 2.51. The lowest BCUT2D eigenvalue weighted by Gasteiger charge is -2.44. The Morgan fingerprint density at radius 1 is 1.09 bits per heavy atom.